The molecule has 0 aromatic rings. The number of ether oxygens (including phenoxy) is 2. The summed E-state index contributed by atoms with van der Waals surface area (Å²) >= 11 is 0. The smallest absolute Gasteiger partial charge is 0.249 e. The van der Waals surface area contributed by atoms with Gasteiger partial charge >= 0.3 is 0 Å². The van der Waals surface area contributed by atoms with Gasteiger partial charge in [-0.25, -0.2) is 0 Å². The Labute approximate surface area is 329 Å². The van der Waals surface area contributed by atoms with Gasteiger partial charge in [0.1, 0.15) is 30.5 Å². The fraction of sp³-hybridized carbons (Fsp3) is 0.886. The predicted octanol–water partition coefficient (Wildman–Crippen LogP) is 7.69. The van der Waals surface area contributed by atoms with E-state index in [0.717, 1.165) is 44.9 Å². The molecule has 1 saturated heterocycles. The van der Waals surface area contributed by atoms with Crippen LogP contribution in [0, 0.1) is 0 Å². The van der Waals surface area contributed by atoms with Gasteiger partial charge in [-0.2, -0.15) is 0 Å². The number of amides is 1. The van der Waals surface area contributed by atoms with Gasteiger partial charge in [0.05, 0.1) is 25.4 Å². The van der Waals surface area contributed by atoms with Gasteiger partial charge in [0.15, 0.2) is 6.29 Å². The highest BCUT2D eigenvalue weighted by Gasteiger charge is 2.44. The Balaban J connectivity index is 2.41. The molecule has 0 saturated carbocycles. The van der Waals surface area contributed by atoms with E-state index in [4.69, 9.17) is 9.47 Å². The Kier molecular flexibility index (Phi) is 32.7. The minimum atomic E-state index is -1.61. The van der Waals surface area contributed by atoms with Gasteiger partial charge in [-0.1, -0.05) is 167 Å². The highest BCUT2D eigenvalue weighted by atomic mass is 16.7. The third-order valence-electron chi connectivity index (χ3n) is 10.6. The standard InChI is InChI=1S/C44H83NO9/c1-3-5-7-9-11-13-15-16-17-18-19-20-21-23-25-27-29-31-33-38(48)43(52)45-36(35-53-44-42(51)41(50)40(49)39(34-46)54-44)37(47)32-30-28-26-24-22-14-12-10-8-6-4-2/h18-19,30,32,36-42,44,46-51H,3-17,20-29,31,33-35H2,1-2H3,(H,45,52)/b19-18-,32-30+. The quantitative estimate of drug-likeness (QED) is 0.0250. The molecule has 1 aliphatic heterocycles. The van der Waals surface area contributed by atoms with Crippen LogP contribution in [0.3, 0.4) is 0 Å². The van der Waals surface area contributed by atoms with Crippen molar-refractivity contribution in [1.29, 1.82) is 0 Å². The van der Waals surface area contributed by atoms with Crippen LogP contribution in [-0.4, -0.2) is 98.7 Å². The number of unbranched alkanes of at least 4 members (excludes halogenated alkanes) is 23. The van der Waals surface area contributed by atoms with Gasteiger partial charge in [-0.15, -0.1) is 0 Å². The highest BCUT2D eigenvalue weighted by molar-refractivity contribution is 5.80. The molecule has 0 aromatic heterocycles. The van der Waals surface area contributed by atoms with E-state index in [-0.39, 0.29) is 6.61 Å². The maximum Gasteiger partial charge on any atom is 0.249 e. The first kappa shape index (κ1) is 50.6. The van der Waals surface area contributed by atoms with Crippen LogP contribution in [0.4, 0.5) is 0 Å². The lowest BCUT2D eigenvalue weighted by molar-refractivity contribution is -0.302. The zero-order valence-electron chi connectivity index (χ0n) is 34.3. The number of hydrogen-bond acceptors (Lipinski definition) is 9. The molecule has 1 rings (SSSR count). The molecule has 8 atom stereocenters. The summed E-state index contributed by atoms with van der Waals surface area (Å²) in [5.74, 6) is -0.623. The summed E-state index contributed by atoms with van der Waals surface area (Å²) in [5.41, 5.74) is 0. The van der Waals surface area contributed by atoms with Crippen molar-refractivity contribution in [2.24, 2.45) is 0 Å². The highest BCUT2D eigenvalue weighted by Crippen LogP contribution is 2.22. The molecule has 1 fully saturated rings. The second kappa shape index (κ2) is 34.8. The SMILES string of the molecule is CCCCCCCCCC/C=C\CCCCCCCCC(O)C(=O)NC(COC1OC(CO)C(O)C(O)C1O)C(O)/C=C/CCCCCCCCCCC. The van der Waals surface area contributed by atoms with Crippen molar-refractivity contribution < 1.29 is 44.9 Å². The predicted molar refractivity (Wildman–Crippen MR) is 218 cm³/mol. The normalized spacial score (nSPS) is 22.3. The Morgan fingerprint density at radius 1 is 0.630 bits per heavy atom. The second-order valence-electron chi connectivity index (χ2n) is 15.6. The lowest BCUT2D eigenvalue weighted by Gasteiger charge is -2.40. The van der Waals surface area contributed by atoms with Gasteiger partial charge in [0.2, 0.25) is 5.91 Å². The number of nitrogens with one attached hydrogen (secondary N) is 1. The monoisotopic (exact) mass is 770 g/mol. The summed E-state index contributed by atoms with van der Waals surface area (Å²) in [6, 6.07) is -0.978. The average molecular weight is 770 g/mol. The Bertz CT molecular complexity index is 916. The van der Waals surface area contributed by atoms with Crippen LogP contribution in [0.15, 0.2) is 24.3 Å². The first-order chi connectivity index (χ1) is 26.3. The molecule has 0 spiro atoms. The van der Waals surface area contributed by atoms with Crippen LogP contribution in [0.1, 0.15) is 187 Å². The van der Waals surface area contributed by atoms with Crippen molar-refractivity contribution in [3.05, 3.63) is 24.3 Å². The number of rotatable bonds is 36. The maximum atomic E-state index is 13.0. The van der Waals surface area contributed by atoms with E-state index in [1.807, 2.05) is 6.08 Å². The number of aliphatic hydroxyl groups is 6. The first-order valence-electron chi connectivity index (χ1n) is 22.2. The van der Waals surface area contributed by atoms with E-state index >= 15 is 0 Å². The summed E-state index contributed by atoms with van der Waals surface area (Å²) in [5, 5.41) is 64.5. The average Bonchev–Trinajstić information content (AvgIpc) is 3.17. The van der Waals surface area contributed by atoms with E-state index in [1.54, 1.807) is 6.08 Å². The van der Waals surface area contributed by atoms with Crippen molar-refractivity contribution in [3.8, 4) is 0 Å². The fourth-order valence-corrected chi connectivity index (χ4v) is 6.92. The van der Waals surface area contributed by atoms with E-state index in [1.165, 1.54) is 116 Å². The molecule has 0 aliphatic carbocycles. The van der Waals surface area contributed by atoms with E-state index in [2.05, 4.69) is 31.3 Å². The zero-order valence-corrected chi connectivity index (χ0v) is 34.3. The summed E-state index contributed by atoms with van der Waals surface area (Å²) < 4.78 is 11.1. The molecule has 7 N–H and O–H groups in total. The zero-order chi connectivity index (χ0) is 39.7. The largest absolute Gasteiger partial charge is 0.394 e. The molecule has 54 heavy (non-hydrogen) atoms. The van der Waals surface area contributed by atoms with Crippen molar-refractivity contribution in [1.82, 2.24) is 5.32 Å². The number of allylic oxidation sites excluding steroid dienone is 3. The van der Waals surface area contributed by atoms with E-state index in [0.29, 0.717) is 12.8 Å². The topological polar surface area (TPSA) is 169 Å². The molecule has 0 aromatic carbocycles. The third kappa shape index (κ3) is 25.0. The first-order valence-corrected chi connectivity index (χ1v) is 22.2. The summed E-state index contributed by atoms with van der Waals surface area (Å²) in [4.78, 5) is 13.0. The minimum absolute atomic E-state index is 0.304. The van der Waals surface area contributed by atoms with Gasteiger partial charge < -0.3 is 45.4 Å². The molecule has 8 unspecified atom stereocenters. The lowest BCUT2D eigenvalue weighted by Crippen LogP contribution is -2.60. The van der Waals surface area contributed by atoms with Crippen LogP contribution < -0.4 is 5.32 Å². The van der Waals surface area contributed by atoms with Crippen LogP contribution in [-0.2, 0) is 14.3 Å². The minimum Gasteiger partial charge on any atom is -0.394 e. The van der Waals surface area contributed by atoms with Crippen LogP contribution in [0.2, 0.25) is 0 Å². The van der Waals surface area contributed by atoms with Crippen molar-refractivity contribution in [2.45, 2.75) is 236 Å². The third-order valence-corrected chi connectivity index (χ3v) is 10.6. The molecule has 1 heterocycles. The number of carbonyl (C=O) groups is 1. The number of carbonyl (C=O) groups excluding carboxylic acids is 1. The fourth-order valence-electron chi connectivity index (χ4n) is 6.92. The molecule has 0 radical (unpaired) electrons. The van der Waals surface area contributed by atoms with Crippen molar-refractivity contribution in [2.75, 3.05) is 13.2 Å². The summed E-state index contributed by atoms with van der Waals surface area (Å²) in [7, 11) is 0. The van der Waals surface area contributed by atoms with Crippen molar-refractivity contribution in [3.63, 3.8) is 0 Å². The van der Waals surface area contributed by atoms with Gasteiger partial charge in [0, 0.05) is 0 Å². The molecular formula is C44H83NO9. The Morgan fingerprint density at radius 3 is 1.56 bits per heavy atom. The van der Waals surface area contributed by atoms with E-state index in [9.17, 15) is 35.4 Å². The van der Waals surface area contributed by atoms with E-state index < -0.39 is 61.5 Å². The molecule has 1 aliphatic rings. The maximum absolute atomic E-state index is 13.0. The number of hydrogen-bond donors (Lipinski definition) is 7. The lowest BCUT2D eigenvalue weighted by atomic mass is 9.99. The second-order valence-corrected chi connectivity index (χ2v) is 15.6. The molecular weight excluding hydrogens is 686 g/mol. The van der Waals surface area contributed by atoms with Gasteiger partial charge in [0.25, 0.3) is 0 Å². The molecule has 318 valence electrons. The van der Waals surface area contributed by atoms with Crippen molar-refractivity contribution >= 4 is 5.91 Å². The Morgan fingerprint density at radius 2 is 1.07 bits per heavy atom. The molecule has 10 nitrogen and oxygen atoms in total. The van der Waals surface area contributed by atoms with Crippen LogP contribution in [0.25, 0.3) is 0 Å². The molecule has 10 heteroatoms. The van der Waals surface area contributed by atoms with Crippen LogP contribution >= 0.6 is 0 Å². The molecule has 0 bridgehead atoms. The molecule has 1 amide bonds. The van der Waals surface area contributed by atoms with Crippen LogP contribution in [0.5, 0.6) is 0 Å². The summed E-state index contributed by atoms with van der Waals surface area (Å²) in [6.45, 7) is 3.58. The number of aliphatic hydroxyl groups excluding tert-OH is 6. The van der Waals surface area contributed by atoms with Gasteiger partial charge in [-0.05, 0) is 44.9 Å². The summed E-state index contributed by atoms with van der Waals surface area (Å²) in [6.07, 6.45) is 29.8. The van der Waals surface area contributed by atoms with Gasteiger partial charge in [-0.3, -0.25) is 4.79 Å². The Hall–Kier alpha value is -1.37.